The maximum Gasteiger partial charge on any atom is 0.228 e. The molecule has 0 aromatic carbocycles. The van der Waals surface area contributed by atoms with Gasteiger partial charge in [0.25, 0.3) is 0 Å². The van der Waals surface area contributed by atoms with E-state index >= 15 is 0 Å². The summed E-state index contributed by atoms with van der Waals surface area (Å²) < 4.78 is 7.31. The molecule has 0 spiro atoms. The maximum absolute atomic E-state index is 12.5. The van der Waals surface area contributed by atoms with Crippen molar-refractivity contribution in [1.82, 2.24) is 19.6 Å². The van der Waals surface area contributed by atoms with Crippen LogP contribution in [-0.2, 0) is 22.6 Å². The van der Waals surface area contributed by atoms with Gasteiger partial charge < -0.3 is 9.64 Å². The van der Waals surface area contributed by atoms with Gasteiger partial charge in [-0.25, -0.2) is 0 Å². The lowest BCUT2D eigenvalue weighted by atomic mass is 10.1. The second kappa shape index (κ2) is 7.24. The molecule has 0 bridgehead atoms. The molecule has 0 aliphatic carbocycles. The quantitative estimate of drug-likeness (QED) is 0.832. The zero-order chi connectivity index (χ0) is 15.4. The molecule has 6 nitrogen and oxygen atoms in total. The van der Waals surface area contributed by atoms with Crippen molar-refractivity contribution in [3.63, 3.8) is 0 Å². The van der Waals surface area contributed by atoms with Crippen molar-refractivity contribution < 1.29 is 9.53 Å². The predicted octanol–water partition coefficient (Wildman–Crippen LogP) is 0.974. The number of aromatic nitrogens is 2. The van der Waals surface area contributed by atoms with E-state index < -0.39 is 0 Å². The maximum atomic E-state index is 12.5. The molecule has 3 rings (SSSR count). The second-order valence-electron chi connectivity index (χ2n) is 6.22. The molecular formula is C16H26N4O2. The lowest BCUT2D eigenvalue weighted by Gasteiger charge is -2.24. The van der Waals surface area contributed by atoms with Gasteiger partial charge in [0.05, 0.1) is 18.7 Å². The molecule has 2 aliphatic heterocycles. The van der Waals surface area contributed by atoms with Gasteiger partial charge in [-0.3, -0.25) is 14.4 Å². The Morgan fingerprint density at radius 2 is 2.27 bits per heavy atom. The fraction of sp³-hybridized carbons (Fsp3) is 0.750. The van der Waals surface area contributed by atoms with Crippen LogP contribution in [0.1, 0.15) is 25.3 Å². The molecule has 0 unspecified atom stereocenters. The molecule has 3 heterocycles. The number of hydrogen-bond acceptors (Lipinski definition) is 4. The monoisotopic (exact) mass is 306 g/mol. The first-order valence-corrected chi connectivity index (χ1v) is 8.36. The molecular weight excluding hydrogens is 280 g/mol. The minimum absolute atomic E-state index is 0.0920. The highest BCUT2D eigenvalue weighted by Crippen LogP contribution is 2.17. The van der Waals surface area contributed by atoms with Crippen molar-refractivity contribution in [1.29, 1.82) is 0 Å². The van der Waals surface area contributed by atoms with E-state index in [1.807, 2.05) is 15.8 Å². The third-order valence-electron chi connectivity index (χ3n) is 4.60. The SMILES string of the molecule is CCn1cc(CN2CCCN(C(=O)[C@H]3CCOC3)CC2)cn1. The topological polar surface area (TPSA) is 50.6 Å². The first-order valence-electron chi connectivity index (χ1n) is 8.36. The van der Waals surface area contributed by atoms with E-state index in [0.717, 1.165) is 58.7 Å². The van der Waals surface area contributed by atoms with Crippen molar-refractivity contribution in [2.45, 2.75) is 32.9 Å². The van der Waals surface area contributed by atoms with Crippen molar-refractivity contribution in [2.24, 2.45) is 5.92 Å². The summed E-state index contributed by atoms with van der Waals surface area (Å²) in [6.07, 6.45) is 5.99. The van der Waals surface area contributed by atoms with Crippen molar-refractivity contribution in [3.05, 3.63) is 18.0 Å². The number of carbonyl (C=O) groups excluding carboxylic acids is 1. The summed E-state index contributed by atoms with van der Waals surface area (Å²) in [7, 11) is 0. The van der Waals surface area contributed by atoms with Crippen LogP contribution in [0.15, 0.2) is 12.4 Å². The minimum Gasteiger partial charge on any atom is -0.381 e. The Balaban J connectivity index is 1.52. The van der Waals surface area contributed by atoms with E-state index in [-0.39, 0.29) is 11.8 Å². The van der Waals surface area contributed by atoms with E-state index in [0.29, 0.717) is 6.61 Å². The largest absolute Gasteiger partial charge is 0.381 e. The highest BCUT2D eigenvalue weighted by Gasteiger charge is 2.29. The van der Waals surface area contributed by atoms with E-state index in [9.17, 15) is 4.79 Å². The summed E-state index contributed by atoms with van der Waals surface area (Å²) in [6, 6.07) is 0. The van der Waals surface area contributed by atoms with Crippen LogP contribution in [0.2, 0.25) is 0 Å². The first-order chi connectivity index (χ1) is 10.8. The molecule has 22 heavy (non-hydrogen) atoms. The van der Waals surface area contributed by atoms with Gasteiger partial charge >= 0.3 is 0 Å². The Bertz CT molecular complexity index is 496. The second-order valence-corrected chi connectivity index (χ2v) is 6.22. The molecule has 0 N–H and O–H groups in total. The molecule has 2 aliphatic rings. The normalized spacial score (nSPS) is 23.7. The predicted molar refractivity (Wildman–Crippen MR) is 83.3 cm³/mol. The molecule has 2 saturated heterocycles. The molecule has 1 atom stereocenters. The number of hydrogen-bond donors (Lipinski definition) is 0. The number of aryl methyl sites for hydroxylation is 1. The standard InChI is InChI=1S/C16H26N4O2/c1-2-20-12-14(10-17-20)11-18-5-3-6-19(8-7-18)16(21)15-4-9-22-13-15/h10,12,15H,2-9,11,13H2,1H3/t15-/m0/s1. The number of ether oxygens (including phenoxy) is 1. The third kappa shape index (κ3) is 3.67. The Morgan fingerprint density at radius 1 is 1.36 bits per heavy atom. The molecule has 0 saturated carbocycles. The van der Waals surface area contributed by atoms with E-state index in [1.165, 1.54) is 5.56 Å². The molecule has 0 radical (unpaired) electrons. The van der Waals surface area contributed by atoms with Crippen LogP contribution in [0.3, 0.4) is 0 Å². The van der Waals surface area contributed by atoms with Gasteiger partial charge in [-0.15, -0.1) is 0 Å². The van der Waals surface area contributed by atoms with Gasteiger partial charge in [0.1, 0.15) is 0 Å². The number of nitrogens with zero attached hydrogens (tertiary/aromatic N) is 4. The summed E-state index contributed by atoms with van der Waals surface area (Å²) in [4.78, 5) is 16.9. The molecule has 1 amide bonds. The number of rotatable bonds is 4. The van der Waals surface area contributed by atoms with Gasteiger partial charge in [0.2, 0.25) is 5.91 Å². The van der Waals surface area contributed by atoms with Gasteiger partial charge in [-0.2, -0.15) is 5.10 Å². The third-order valence-corrected chi connectivity index (χ3v) is 4.60. The highest BCUT2D eigenvalue weighted by atomic mass is 16.5. The summed E-state index contributed by atoms with van der Waals surface area (Å²) >= 11 is 0. The zero-order valence-electron chi connectivity index (χ0n) is 13.4. The fourth-order valence-electron chi connectivity index (χ4n) is 3.26. The number of carbonyl (C=O) groups is 1. The number of amides is 1. The van der Waals surface area contributed by atoms with Crippen LogP contribution in [0.25, 0.3) is 0 Å². The lowest BCUT2D eigenvalue weighted by molar-refractivity contribution is -0.135. The lowest BCUT2D eigenvalue weighted by Crippen LogP contribution is -2.39. The van der Waals surface area contributed by atoms with E-state index in [1.54, 1.807) is 0 Å². The fourth-order valence-corrected chi connectivity index (χ4v) is 3.26. The zero-order valence-corrected chi connectivity index (χ0v) is 13.4. The van der Waals surface area contributed by atoms with E-state index in [4.69, 9.17) is 4.74 Å². The summed E-state index contributed by atoms with van der Waals surface area (Å²) in [5.41, 5.74) is 1.26. The molecule has 1 aromatic heterocycles. The Labute approximate surface area is 132 Å². The van der Waals surface area contributed by atoms with E-state index in [2.05, 4.69) is 23.1 Å². The van der Waals surface area contributed by atoms with Crippen LogP contribution < -0.4 is 0 Å². The molecule has 2 fully saturated rings. The molecule has 1 aromatic rings. The van der Waals surface area contributed by atoms with Crippen LogP contribution in [0.4, 0.5) is 0 Å². The average molecular weight is 306 g/mol. The molecule has 6 heteroatoms. The highest BCUT2D eigenvalue weighted by molar-refractivity contribution is 5.79. The van der Waals surface area contributed by atoms with Gasteiger partial charge in [0, 0.05) is 57.6 Å². The Morgan fingerprint density at radius 3 is 3.00 bits per heavy atom. The van der Waals surface area contributed by atoms with Crippen molar-refractivity contribution in [3.8, 4) is 0 Å². The van der Waals surface area contributed by atoms with Crippen LogP contribution in [0, 0.1) is 5.92 Å². The summed E-state index contributed by atoms with van der Waals surface area (Å²) in [6.45, 7) is 8.96. The first kappa shape index (κ1) is 15.5. The summed E-state index contributed by atoms with van der Waals surface area (Å²) in [5.74, 6) is 0.382. The van der Waals surface area contributed by atoms with Crippen LogP contribution >= 0.6 is 0 Å². The average Bonchev–Trinajstić information content (AvgIpc) is 3.16. The minimum atomic E-state index is 0.0920. The van der Waals surface area contributed by atoms with Crippen molar-refractivity contribution >= 4 is 5.91 Å². The van der Waals surface area contributed by atoms with Gasteiger partial charge in [0.15, 0.2) is 0 Å². The van der Waals surface area contributed by atoms with Crippen LogP contribution in [0.5, 0.6) is 0 Å². The van der Waals surface area contributed by atoms with Gasteiger partial charge in [-0.05, 0) is 19.8 Å². The van der Waals surface area contributed by atoms with Gasteiger partial charge in [-0.1, -0.05) is 0 Å². The Kier molecular flexibility index (Phi) is 5.10. The summed E-state index contributed by atoms with van der Waals surface area (Å²) in [5, 5.41) is 4.33. The Hall–Kier alpha value is -1.40. The molecule has 122 valence electrons. The van der Waals surface area contributed by atoms with Crippen molar-refractivity contribution in [2.75, 3.05) is 39.4 Å². The van der Waals surface area contributed by atoms with Crippen LogP contribution in [-0.4, -0.2) is 64.9 Å². The smallest absolute Gasteiger partial charge is 0.228 e.